The van der Waals surface area contributed by atoms with Crippen molar-refractivity contribution in [3.05, 3.63) is 44.2 Å². The Balaban J connectivity index is 1.95. The van der Waals surface area contributed by atoms with Crippen LogP contribution >= 0.6 is 11.3 Å². The summed E-state index contributed by atoms with van der Waals surface area (Å²) in [7, 11) is 0. The maximum atomic E-state index is 12.5. The van der Waals surface area contributed by atoms with Gasteiger partial charge in [-0.2, -0.15) is 4.98 Å². The van der Waals surface area contributed by atoms with E-state index in [4.69, 9.17) is 0 Å². The maximum absolute atomic E-state index is 12.5. The molecule has 3 aromatic rings. The Bertz CT molecular complexity index is 919. The molecule has 0 radical (unpaired) electrons. The molecule has 0 aliphatic heterocycles. The number of hydrogen-bond acceptors (Lipinski definition) is 4. The van der Waals surface area contributed by atoms with Gasteiger partial charge in [-0.25, -0.2) is 4.98 Å². The summed E-state index contributed by atoms with van der Waals surface area (Å²) in [5.74, 6) is 0.572. The molecular formula is C17H17N3OS. The number of aromatic amines is 1. The van der Waals surface area contributed by atoms with Crippen molar-refractivity contribution in [1.29, 1.82) is 0 Å². The number of nitrogens with zero attached hydrogens (tertiary/aromatic N) is 2. The van der Waals surface area contributed by atoms with E-state index in [-0.39, 0.29) is 5.56 Å². The highest BCUT2D eigenvalue weighted by molar-refractivity contribution is 7.18. The second-order valence-electron chi connectivity index (χ2n) is 5.98. The number of fused-ring (bicyclic) bond motifs is 3. The second kappa shape index (κ2) is 5.02. The number of H-pyrrole nitrogens is 1. The van der Waals surface area contributed by atoms with Crippen LogP contribution in [0.1, 0.15) is 34.5 Å². The van der Waals surface area contributed by atoms with Crippen LogP contribution in [0, 0.1) is 13.8 Å². The van der Waals surface area contributed by atoms with Crippen LogP contribution in [0.5, 0.6) is 0 Å². The Morgan fingerprint density at radius 2 is 1.95 bits per heavy atom. The molecule has 1 aliphatic carbocycles. The van der Waals surface area contributed by atoms with E-state index in [1.807, 2.05) is 26.0 Å². The lowest BCUT2D eigenvalue weighted by Crippen LogP contribution is -2.11. The van der Waals surface area contributed by atoms with Crippen LogP contribution in [0.2, 0.25) is 0 Å². The highest BCUT2D eigenvalue weighted by Crippen LogP contribution is 2.34. The molecule has 4 rings (SSSR count). The molecule has 3 aromatic heterocycles. The van der Waals surface area contributed by atoms with Crippen molar-refractivity contribution < 1.29 is 0 Å². The first-order valence-electron chi connectivity index (χ1n) is 7.62. The number of aromatic nitrogens is 3. The maximum Gasteiger partial charge on any atom is 0.282 e. The standard InChI is InChI=1S/C17H17N3OS/c1-9-7-10(2)18-12(8-9)15-19-16(21)14-11-5-3-4-6-13(11)22-17(14)20-15/h7-8H,3-6H2,1-2H3,(H,19,20,21). The summed E-state index contributed by atoms with van der Waals surface area (Å²) in [5.41, 5.74) is 3.89. The molecule has 5 heteroatoms. The van der Waals surface area contributed by atoms with Crippen LogP contribution in [0.25, 0.3) is 21.7 Å². The van der Waals surface area contributed by atoms with E-state index in [2.05, 4.69) is 15.0 Å². The summed E-state index contributed by atoms with van der Waals surface area (Å²) in [6, 6.07) is 3.98. The minimum Gasteiger partial charge on any atom is -0.329 e. The minimum absolute atomic E-state index is 0.121. The molecule has 22 heavy (non-hydrogen) atoms. The van der Waals surface area contributed by atoms with Gasteiger partial charge in [0.05, 0.1) is 5.39 Å². The number of rotatable bonds is 1. The average Bonchev–Trinajstić information content (AvgIpc) is 2.84. The van der Waals surface area contributed by atoms with Gasteiger partial charge in [0.2, 0.25) is 0 Å². The summed E-state index contributed by atoms with van der Waals surface area (Å²) in [6.45, 7) is 3.98. The third-order valence-corrected chi connectivity index (χ3v) is 5.38. The SMILES string of the molecule is Cc1cc(C)nc(-c2nc(=O)c3c4c(sc3[nH]2)CCCC4)c1. The quantitative estimate of drug-likeness (QED) is 0.748. The number of aryl methyl sites for hydroxylation is 4. The van der Waals surface area contributed by atoms with Gasteiger partial charge in [0.15, 0.2) is 5.82 Å². The largest absolute Gasteiger partial charge is 0.329 e. The van der Waals surface area contributed by atoms with Crippen LogP contribution in [-0.2, 0) is 12.8 Å². The molecule has 0 amide bonds. The molecule has 0 atom stereocenters. The van der Waals surface area contributed by atoms with Crippen LogP contribution < -0.4 is 5.56 Å². The highest BCUT2D eigenvalue weighted by atomic mass is 32.1. The van der Waals surface area contributed by atoms with Gasteiger partial charge < -0.3 is 4.98 Å². The summed E-state index contributed by atoms with van der Waals surface area (Å²) in [4.78, 5) is 26.9. The summed E-state index contributed by atoms with van der Waals surface area (Å²) < 4.78 is 0. The molecule has 0 aromatic carbocycles. The van der Waals surface area contributed by atoms with Crippen LogP contribution in [0.4, 0.5) is 0 Å². The summed E-state index contributed by atoms with van der Waals surface area (Å²) in [6.07, 6.45) is 4.46. The predicted molar refractivity (Wildman–Crippen MR) is 89.6 cm³/mol. The third-order valence-electron chi connectivity index (χ3n) is 4.17. The van der Waals surface area contributed by atoms with E-state index >= 15 is 0 Å². The fraction of sp³-hybridized carbons (Fsp3) is 0.353. The van der Waals surface area contributed by atoms with E-state index in [1.165, 1.54) is 23.3 Å². The Kier molecular flexibility index (Phi) is 3.11. The van der Waals surface area contributed by atoms with Crippen LogP contribution in [-0.4, -0.2) is 15.0 Å². The lowest BCUT2D eigenvalue weighted by atomic mass is 9.97. The Hall–Kier alpha value is -2.01. The molecule has 1 N–H and O–H groups in total. The van der Waals surface area contributed by atoms with Gasteiger partial charge in [0.25, 0.3) is 5.56 Å². The Labute approximate surface area is 132 Å². The zero-order valence-corrected chi connectivity index (χ0v) is 13.5. The minimum atomic E-state index is -0.121. The molecule has 0 bridgehead atoms. The number of pyridine rings is 1. The van der Waals surface area contributed by atoms with Crippen molar-refractivity contribution in [3.63, 3.8) is 0 Å². The summed E-state index contributed by atoms with van der Waals surface area (Å²) >= 11 is 1.71. The first-order chi connectivity index (χ1) is 10.6. The molecule has 0 saturated heterocycles. The Morgan fingerprint density at radius 1 is 1.14 bits per heavy atom. The predicted octanol–water partition coefficient (Wildman–Crippen LogP) is 3.54. The van der Waals surface area contributed by atoms with E-state index in [1.54, 1.807) is 11.3 Å². The van der Waals surface area contributed by atoms with Gasteiger partial charge >= 0.3 is 0 Å². The number of nitrogens with one attached hydrogen (secondary N) is 1. The van der Waals surface area contributed by atoms with Crippen molar-refractivity contribution in [3.8, 4) is 11.5 Å². The van der Waals surface area contributed by atoms with Gasteiger partial charge in [-0.1, -0.05) is 0 Å². The normalized spacial score (nSPS) is 14.3. The molecule has 0 saturated carbocycles. The zero-order chi connectivity index (χ0) is 15.3. The van der Waals surface area contributed by atoms with E-state index < -0.39 is 0 Å². The lowest BCUT2D eigenvalue weighted by Gasteiger charge is -2.09. The Morgan fingerprint density at radius 3 is 2.77 bits per heavy atom. The molecule has 3 heterocycles. The van der Waals surface area contributed by atoms with Gasteiger partial charge in [0, 0.05) is 10.6 Å². The third kappa shape index (κ3) is 2.16. The molecule has 1 aliphatic rings. The fourth-order valence-electron chi connectivity index (χ4n) is 3.26. The topological polar surface area (TPSA) is 58.6 Å². The molecule has 112 valence electrons. The highest BCUT2D eigenvalue weighted by Gasteiger charge is 2.20. The second-order valence-corrected chi connectivity index (χ2v) is 7.08. The molecule has 0 spiro atoms. The molecule has 4 nitrogen and oxygen atoms in total. The monoisotopic (exact) mass is 311 g/mol. The van der Waals surface area contributed by atoms with Crippen LogP contribution in [0.3, 0.4) is 0 Å². The zero-order valence-electron chi connectivity index (χ0n) is 12.7. The van der Waals surface area contributed by atoms with Crippen molar-refractivity contribution in [1.82, 2.24) is 15.0 Å². The molecule has 0 unspecified atom stereocenters. The number of thiophene rings is 1. The molecular weight excluding hydrogens is 294 g/mol. The van der Waals surface area contributed by atoms with Crippen LogP contribution in [0.15, 0.2) is 16.9 Å². The molecule has 0 fully saturated rings. The smallest absolute Gasteiger partial charge is 0.282 e. The van der Waals surface area contributed by atoms with Gasteiger partial charge in [-0.3, -0.25) is 4.79 Å². The number of hydrogen-bond donors (Lipinski definition) is 1. The lowest BCUT2D eigenvalue weighted by molar-refractivity contribution is 0.700. The summed E-state index contributed by atoms with van der Waals surface area (Å²) in [5, 5.41) is 0.799. The first-order valence-corrected chi connectivity index (χ1v) is 8.44. The van der Waals surface area contributed by atoms with Crippen molar-refractivity contribution in [2.45, 2.75) is 39.5 Å². The van der Waals surface area contributed by atoms with E-state index in [0.29, 0.717) is 5.82 Å². The van der Waals surface area contributed by atoms with E-state index in [0.717, 1.165) is 40.0 Å². The van der Waals surface area contributed by atoms with Crippen molar-refractivity contribution in [2.24, 2.45) is 0 Å². The van der Waals surface area contributed by atoms with Gasteiger partial charge in [-0.15, -0.1) is 11.3 Å². The first kappa shape index (κ1) is 13.6. The van der Waals surface area contributed by atoms with Crippen molar-refractivity contribution >= 4 is 21.6 Å². The van der Waals surface area contributed by atoms with E-state index in [9.17, 15) is 4.79 Å². The van der Waals surface area contributed by atoms with Gasteiger partial charge in [-0.05, 0) is 62.8 Å². The van der Waals surface area contributed by atoms with Crippen molar-refractivity contribution in [2.75, 3.05) is 0 Å². The average molecular weight is 311 g/mol. The fourth-order valence-corrected chi connectivity index (χ4v) is 4.54. The van der Waals surface area contributed by atoms with Gasteiger partial charge in [0.1, 0.15) is 10.5 Å².